The van der Waals surface area contributed by atoms with E-state index < -0.39 is 5.97 Å². The number of hydrogen-bond donors (Lipinski definition) is 0. The van der Waals surface area contributed by atoms with E-state index in [1.54, 1.807) is 36.6 Å². The lowest BCUT2D eigenvalue weighted by molar-refractivity contribution is 0.0600. The van der Waals surface area contributed by atoms with Crippen LogP contribution < -0.4 is 9.47 Å². The number of carbonyl (C=O) groups excluding carboxylic acids is 1. The zero-order valence-corrected chi connectivity index (χ0v) is 14.8. The van der Waals surface area contributed by atoms with Gasteiger partial charge in [0.25, 0.3) is 0 Å². The van der Waals surface area contributed by atoms with Crippen molar-refractivity contribution >= 4 is 17.3 Å². The van der Waals surface area contributed by atoms with Gasteiger partial charge in [0.15, 0.2) is 11.5 Å². The van der Waals surface area contributed by atoms with E-state index in [9.17, 15) is 4.79 Å². The highest BCUT2D eigenvalue weighted by atomic mass is 32.1. The summed E-state index contributed by atoms with van der Waals surface area (Å²) in [6.45, 7) is 6.68. The molecule has 0 fully saturated rings. The summed E-state index contributed by atoms with van der Waals surface area (Å²) < 4.78 is 15.8. The highest BCUT2D eigenvalue weighted by Gasteiger charge is 2.18. The lowest BCUT2D eigenvalue weighted by Gasteiger charge is -2.14. The second-order valence-electron chi connectivity index (χ2n) is 6.02. The van der Waals surface area contributed by atoms with Crippen molar-refractivity contribution in [3.63, 3.8) is 0 Å². The highest BCUT2D eigenvalue weighted by molar-refractivity contribution is 7.09. The minimum atomic E-state index is -0.415. The Morgan fingerprint density at radius 3 is 2.52 bits per heavy atom. The van der Waals surface area contributed by atoms with Gasteiger partial charge in [-0.3, -0.25) is 0 Å². The van der Waals surface area contributed by atoms with Crippen molar-refractivity contribution in [2.75, 3.05) is 14.2 Å². The van der Waals surface area contributed by atoms with Crippen LogP contribution in [0.3, 0.4) is 0 Å². The van der Waals surface area contributed by atoms with E-state index in [1.165, 1.54) is 7.11 Å². The molecule has 0 saturated carbocycles. The molecule has 2 aromatic rings. The zero-order valence-electron chi connectivity index (χ0n) is 14.0. The number of aromatic nitrogens is 1. The van der Waals surface area contributed by atoms with Gasteiger partial charge in [-0.05, 0) is 18.2 Å². The van der Waals surface area contributed by atoms with Gasteiger partial charge < -0.3 is 14.2 Å². The molecule has 0 atom stereocenters. The largest absolute Gasteiger partial charge is 0.493 e. The number of methoxy groups -OCH3 is 2. The van der Waals surface area contributed by atoms with Crippen LogP contribution in [0.5, 0.6) is 11.5 Å². The fourth-order valence-electron chi connectivity index (χ4n) is 1.90. The van der Waals surface area contributed by atoms with Crippen LogP contribution in [0.1, 0.15) is 41.8 Å². The first-order valence-electron chi connectivity index (χ1n) is 7.19. The second-order valence-corrected chi connectivity index (χ2v) is 6.97. The average Bonchev–Trinajstić information content (AvgIpc) is 3.01. The summed E-state index contributed by atoms with van der Waals surface area (Å²) in [5.74, 6) is 0.634. The van der Waals surface area contributed by atoms with Crippen molar-refractivity contribution in [2.24, 2.45) is 0 Å². The van der Waals surface area contributed by atoms with Crippen LogP contribution in [0.15, 0.2) is 23.6 Å². The number of benzene rings is 1. The molecule has 0 amide bonds. The predicted octanol–water partition coefficient (Wildman–Crippen LogP) is 3.81. The van der Waals surface area contributed by atoms with Crippen LogP contribution in [0, 0.1) is 0 Å². The maximum Gasteiger partial charge on any atom is 0.337 e. The van der Waals surface area contributed by atoms with Crippen molar-refractivity contribution in [3.8, 4) is 11.5 Å². The molecule has 5 nitrogen and oxygen atoms in total. The second kappa shape index (κ2) is 7.00. The Morgan fingerprint density at radius 1 is 1.22 bits per heavy atom. The molecule has 124 valence electrons. The number of rotatable bonds is 5. The third-order valence-corrected chi connectivity index (χ3v) is 4.08. The molecule has 0 aliphatic rings. The maximum absolute atomic E-state index is 11.6. The molecular weight excluding hydrogens is 314 g/mol. The standard InChI is InChI=1S/C17H21NO4S/c1-17(2,3)14-10-23-15(18-14)9-22-13-8-11(16(19)21-5)6-7-12(13)20-4/h6-8,10H,9H2,1-5H3. The number of nitrogens with zero attached hydrogens (tertiary/aromatic N) is 1. The van der Waals surface area contributed by atoms with Crippen molar-refractivity contribution in [1.29, 1.82) is 0 Å². The van der Waals surface area contributed by atoms with Gasteiger partial charge in [0.1, 0.15) is 11.6 Å². The summed E-state index contributed by atoms with van der Waals surface area (Å²) in [6, 6.07) is 4.94. The van der Waals surface area contributed by atoms with E-state index in [1.807, 2.05) is 5.38 Å². The minimum Gasteiger partial charge on any atom is -0.493 e. The molecule has 0 spiro atoms. The SMILES string of the molecule is COC(=O)c1ccc(OC)c(OCc2nc(C(C)(C)C)cs2)c1. The third kappa shape index (κ3) is 4.22. The summed E-state index contributed by atoms with van der Waals surface area (Å²) >= 11 is 1.56. The summed E-state index contributed by atoms with van der Waals surface area (Å²) in [5.41, 5.74) is 1.46. The Bertz CT molecular complexity index is 688. The molecule has 0 bridgehead atoms. The Morgan fingerprint density at radius 2 is 1.96 bits per heavy atom. The van der Waals surface area contributed by atoms with E-state index >= 15 is 0 Å². The van der Waals surface area contributed by atoms with Crippen molar-refractivity contribution in [3.05, 3.63) is 39.8 Å². The van der Waals surface area contributed by atoms with E-state index in [4.69, 9.17) is 14.2 Å². The quantitative estimate of drug-likeness (QED) is 0.778. The van der Waals surface area contributed by atoms with Crippen LogP contribution in [0.25, 0.3) is 0 Å². The monoisotopic (exact) mass is 335 g/mol. The summed E-state index contributed by atoms with van der Waals surface area (Å²) in [7, 11) is 2.90. The molecule has 2 rings (SSSR count). The molecular formula is C17H21NO4S. The fourth-order valence-corrected chi connectivity index (χ4v) is 2.83. The zero-order chi connectivity index (χ0) is 17.0. The molecule has 1 aromatic heterocycles. The predicted molar refractivity (Wildman–Crippen MR) is 89.5 cm³/mol. The van der Waals surface area contributed by atoms with Crippen molar-refractivity contribution in [2.45, 2.75) is 32.8 Å². The average molecular weight is 335 g/mol. The van der Waals surface area contributed by atoms with E-state index in [-0.39, 0.29) is 5.41 Å². The first-order chi connectivity index (χ1) is 10.8. The lowest BCUT2D eigenvalue weighted by Crippen LogP contribution is -2.11. The first kappa shape index (κ1) is 17.3. The summed E-state index contributed by atoms with van der Waals surface area (Å²) in [5, 5.41) is 2.92. The third-order valence-electron chi connectivity index (χ3n) is 3.26. The molecule has 0 unspecified atom stereocenters. The van der Waals surface area contributed by atoms with Crippen LogP contribution in [-0.4, -0.2) is 25.2 Å². The first-order valence-corrected chi connectivity index (χ1v) is 8.07. The van der Waals surface area contributed by atoms with E-state index in [0.29, 0.717) is 23.7 Å². The minimum absolute atomic E-state index is 0.0112. The van der Waals surface area contributed by atoms with Gasteiger partial charge in [0, 0.05) is 10.8 Å². The van der Waals surface area contributed by atoms with Crippen LogP contribution in [0.4, 0.5) is 0 Å². The van der Waals surface area contributed by atoms with E-state index in [2.05, 4.69) is 25.8 Å². The molecule has 6 heteroatoms. The number of esters is 1. The normalized spacial score (nSPS) is 11.2. The number of ether oxygens (including phenoxy) is 3. The molecule has 0 N–H and O–H groups in total. The maximum atomic E-state index is 11.6. The van der Waals surface area contributed by atoms with Gasteiger partial charge in [-0.2, -0.15) is 0 Å². The number of carbonyl (C=O) groups is 1. The highest BCUT2D eigenvalue weighted by Crippen LogP contribution is 2.30. The smallest absolute Gasteiger partial charge is 0.337 e. The van der Waals surface area contributed by atoms with Gasteiger partial charge in [-0.1, -0.05) is 20.8 Å². The molecule has 0 saturated heterocycles. The Hall–Kier alpha value is -2.08. The molecule has 1 heterocycles. The van der Waals surface area contributed by atoms with E-state index in [0.717, 1.165) is 10.7 Å². The van der Waals surface area contributed by atoms with Crippen LogP contribution in [-0.2, 0) is 16.8 Å². The number of hydrogen-bond acceptors (Lipinski definition) is 6. The van der Waals surface area contributed by atoms with Gasteiger partial charge in [0.05, 0.1) is 25.5 Å². The molecule has 0 radical (unpaired) electrons. The lowest BCUT2D eigenvalue weighted by atomic mass is 9.93. The molecule has 0 aliphatic carbocycles. The molecule has 1 aromatic carbocycles. The molecule has 0 aliphatic heterocycles. The van der Waals surface area contributed by atoms with Gasteiger partial charge >= 0.3 is 5.97 Å². The Kier molecular flexibility index (Phi) is 5.26. The van der Waals surface area contributed by atoms with Crippen molar-refractivity contribution in [1.82, 2.24) is 4.98 Å². The Labute approximate surface area is 140 Å². The fraction of sp³-hybridized carbons (Fsp3) is 0.412. The van der Waals surface area contributed by atoms with Crippen LogP contribution in [0.2, 0.25) is 0 Å². The summed E-state index contributed by atoms with van der Waals surface area (Å²) in [6.07, 6.45) is 0. The van der Waals surface area contributed by atoms with Crippen molar-refractivity contribution < 1.29 is 19.0 Å². The van der Waals surface area contributed by atoms with Gasteiger partial charge in [-0.15, -0.1) is 11.3 Å². The number of thiazole rings is 1. The summed E-state index contributed by atoms with van der Waals surface area (Å²) in [4.78, 5) is 16.2. The Balaban J connectivity index is 2.15. The molecule has 23 heavy (non-hydrogen) atoms. The van der Waals surface area contributed by atoms with Crippen LogP contribution >= 0.6 is 11.3 Å². The van der Waals surface area contributed by atoms with Gasteiger partial charge in [-0.25, -0.2) is 9.78 Å². The topological polar surface area (TPSA) is 57.7 Å². The van der Waals surface area contributed by atoms with Gasteiger partial charge in [0.2, 0.25) is 0 Å².